The van der Waals surface area contributed by atoms with Gasteiger partial charge in [-0.2, -0.15) is 5.10 Å². The molecule has 100 valence electrons. The maximum absolute atomic E-state index is 12.5. The molecular formula is C13H21N3O2. The average molecular weight is 251 g/mol. The number of hydrogen-bond donors (Lipinski definition) is 1. The Bertz CT molecular complexity index is 428. The Morgan fingerprint density at radius 1 is 1.56 bits per heavy atom. The highest BCUT2D eigenvalue weighted by atomic mass is 16.3. The predicted octanol–water partition coefficient (Wildman–Crippen LogP) is 0.970. The first-order valence-corrected chi connectivity index (χ1v) is 6.62. The van der Waals surface area contributed by atoms with Crippen LogP contribution in [-0.4, -0.2) is 44.9 Å². The normalized spacial score (nSPS) is 20.2. The van der Waals surface area contributed by atoms with E-state index in [1.165, 1.54) is 0 Å². The molecule has 0 aliphatic carbocycles. The van der Waals surface area contributed by atoms with Gasteiger partial charge in [0.2, 0.25) is 0 Å². The van der Waals surface area contributed by atoms with Crippen LogP contribution >= 0.6 is 0 Å². The summed E-state index contributed by atoms with van der Waals surface area (Å²) in [5, 5.41) is 13.7. The second-order valence-electron chi connectivity index (χ2n) is 4.83. The van der Waals surface area contributed by atoms with Crippen molar-refractivity contribution in [1.29, 1.82) is 0 Å². The number of hydrogen-bond acceptors (Lipinski definition) is 3. The van der Waals surface area contributed by atoms with Gasteiger partial charge in [-0.1, -0.05) is 6.92 Å². The first kappa shape index (κ1) is 13.1. The van der Waals surface area contributed by atoms with E-state index in [-0.39, 0.29) is 18.6 Å². The lowest BCUT2D eigenvalue weighted by molar-refractivity contribution is 0.0492. The summed E-state index contributed by atoms with van der Waals surface area (Å²) < 4.78 is 1.64. The quantitative estimate of drug-likeness (QED) is 0.871. The van der Waals surface area contributed by atoms with Gasteiger partial charge >= 0.3 is 0 Å². The van der Waals surface area contributed by atoms with E-state index >= 15 is 0 Å². The van der Waals surface area contributed by atoms with Crippen LogP contribution in [0.2, 0.25) is 0 Å². The molecule has 1 unspecified atom stereocenters. The van der Waals surface area contributed by atoms with Gasteiger partial charge in [0.15, 0.2) is 0 Å². The molecule has 1 N–H and O–H groups in total. The average Bonchev–Trinajstić information content (AvgIpc) is 2.79. The maximum Gasteiger partial charge on any atom is 0.272 e. The second-order valence-corrected chi connectivity index (χ2v) is 4.83. The maximum atomic E-state index is 12.5. The molecule has 1 aliphatic heterocycles. The summed E-state index contributed by atoms with van der Waals surface area (Å²) in [7, 11) is 1.80. The van der Waals surface area contributed by atoms with Crippen LogP contribution in [0.5, 0.6) is 0 Å². The third-order valence-corrected chi connectivity index (χ3v) is 3.61. The molecule has 2 heterocycles. The molecule has 1 fully saturated rings. The summed E-state index contributed by atoms with van der Waals surface area (Å²) in [6, 6.07) is 1.82. The minimum Gasteiger partial charge on any atom is -0.394 e. The van der Waals surface area contributed by atoms with E-state index in [2.05, 4.69) is 5.10 Å². The van der Waals surface area contributed by atoms with Crippen LogP contribution in [0.1, 0.15) is 42.4 Å². The van der Waals surface area contributed by atoms with Crippen LogP contribution in [0.15, 0.2) is 6.07 Å². The number of nitrogens with zero attached hydrogens (tertiary/aromatic N) is 3. The van der Waals surface area contributed by atoms with Gasteiger partial charge in [-0.3, -0.25) is 9.48 Å². The number of carbonyl (C=O) groups excluding carboxylic acids is 1. The molecule has 5 heteroatoms. The van der Waals surface area contributed by atoms with E-state index in [0.29, 0.717) is 5.69 Å². The number of amides is 1. The van der Waals surface area contributed by atoms with Crippen molar-refractivity contribution in [2.75, 3.05) is 13.2 Å². The van der Waals surface area contributed by atoms with Crippen LogP contribution in [-0.2, 0) is 13.5 Å². The Morgan fingerprint density at radius 2 is 2.33 bits per heavy atom. The Hall–Kier alpha value is -1.36. The molecule has 1 saturated heterocycles. The number of aliphatic hydroxyl groups is 1. The summed E-state index contributed by atoms with van der Waals surface area (Å²) >= 11 is 0. The molecule has 18 heavy (non-hydrogen) atoms. The topological polar surface area (TPSA) is 58.4 Å². The fourth-order valence-corrected chi connectivity index (χ4v) is 2.50. The molecule has 0 radical (unpaired) electrons. The van der Waals surface area contributed by atoms with E-state index in [1.807, 2.05) is 13.0 Å². The predicted molar refractivity (Wildman–Crippen MR) is 68.3 cm³/mol. The van der Waals surface area contributed by atoms with Crippen LogP contribution in [0.3, 0.4) is 0 Å². The first-order valence-electron chi connectivity index (χ1n) is 6.62. The zero-order valence-electron chi connectivity index (χ0n) is 11.1. The number of likely N-dealkylation sites (tertiary alicyclic amines) is 1. The minimum atomic E-state index is -0.0359. The van der Waals surface area contributed by atoms with Crippen molar-refractivity contribution in [1.82, 2.24) is 14.7 Å². The zero-order chi connectivity index (χ0) is 13.1. The first-order chi connectivity index (χ1) is 8.67. The summed E-state index contributed by atoms with van der Waals surface area (Å²) in [4.78, 5) is 14.3. The second kappa shape index (κ2) is 5.52. The summed E-state index contributed by atoms with van der Waals surface area (Å²) in [6.45, 7) is 2.80. The van der Waals surface area contributed by atoms with Gasteiger partial charge in [0.1, 0.15) is 5.69 Å². The molecular weight excluding hydrogens is 230 g/mol. The highest BCUT2D eigenvalue weighted by molar-refractivity contribution is 5.93. The lowest BCUT2D eigenvalue weighted by atomic mass is 10.0. The fraction of sp³-hybridized carbons (Fsp3) is 0.692. The Labute approximate surface area is 107 Å². The van der Waals surface area contributed by atoms with Crippen LogP contribution in [0.4, 0.5) is 0 Å². The molecule has 2 rings (SSSR count). The molecule has 0 aromatic carbocycles. The van der Waals surface area contributed by atoms with Crippen molar-refractivity contribution in [3.05, 3.63) is 17.5 Å². The summed E-state index contributed by atoms with van der Waals surface area (Å²) in [6.07, 6.45) is 3.81. The minimum absolute atomic E-state index is 0.0107. The Morgan fingerprint density at radius 3 is 2.94 bits per heavy atom. The molecule has 1 amide bonds. The zero-order valence-corrected chi connectivity index (χ0v) is 11.1. The molecule has 0 spiro atoms. The molecule has 1 atom stereocenters. The number of carbonyl (C=O) groups is 1. The van der Waals surface area contributed by atoms with Gasteiger partial charge in [0.25, 0.3) is 5.91 Å². The molecule has 1 aromatic rings. The van der Waals surface area contributed by atoms with E-state index < -0.39 is 0 Å². The molecule has 1 aromatic heterocycles. The fourth-order valence-electron chi connectivity index (χ4n) is 2.50. The van der Waals surface area contributed by atoms with Gasteiger partial charge < -0.3 is 10.0 Å². The third-order valence-electron chi connectivity index (χ3n) is 3.61. The van der Waals surface area contributed by atoms with Crippen molar-refractivity contribution in [3.63, 3.8) is 0 Å². The lowest BCUT2D eigenvalue weighted by Crippen LogP contribution is -2.46. The Kier molecular flexibility index (Phi) is 4.01. The third kappa shape index (κ3) is 2.41. The van der Waals surface area contributed by atoms with Gasteiger partial charge in [-0.15, -0.1) is 0 Å². The van der Waals surface area contributed by atoms with E-state index in [9.17, 15) is 9.90 Å². The van der Waals surface area contributed by atoms with Crippen molar-refractivity contribution in [2.24, 2.45) is 7.05 Å². The highest BCUT2D eigenvalue weighted by Crippen LogP contribution is 2.19. The number of piperidine rings is 1. The van der Waals surface area contributed by atoms with Crippen molar-refractivity contribution >= 4 is 5.91 Å². The summed E-state index contributed by atoms with van der Waals surface area (Å²) in [5.41, 5.74) is 1.55. The SMILES string of the molecule is CCc1cc(C(=O)N2CCCCC2CO)n(C)n1. The smallest absolute Gasteiger partial charge is 0.272 e. The molecule has 1 aliphatic rings. The van der Waals surface area contributed by atoms with Crippen molar-refractivity contribution in [2.45, 2.75) is 38.6 Å². The van der Waals surface area contributed by atoms with E-state index in [1.54, 1.807) is 16.6 Å². The molecule has 0 bridgehead atoms. The van der Waals surface area contributed by atoms with Crippen LogP contribution < -0.4 is 0 Å². The number of rotatable bonds is 3. The lowest BCUT2D eigenvalue weighted by Gasteiger charge is -2.34. The monoisotopic (exact) mass is 251 g/mol. The molecule has 0 saturated carbocycles. The van der Waals surface area contributed by atoms with Crippen molar-refractivity contribution in [3.8, 4) is 0 Å². The standard InChI is InChI=1S/C13H21N3O2/c1-3-10-8-12(15(2)14-10)13(18)16-7-5-4-6-11(16)9-17/h8,11,17H,3-7,9H2,1-2H3. The highest BCUT2D eigenvalue weighted by Gasteiger charge is 2.28. The van der Waals surface area contributed by atoms with Gasteiger partial charge in [0, 0.05) is 13.6 Å². The van der Waals surface area contributed by atoms with E-state index in [4.69, 9.17) is 0 Å². The number of aryl methyl sites for hydroxylation is 2. The van der Waals surface area contributed by atoms with Gasteiger partial charge in [-0.05, 0) is 31.7 Å². The Balaban J connectivity index is 2.20. The summed E-state index contributed by atoms with van der Waals surface area (Å²) in [5.74, 6) is -0.0107. The number of aliphatic hydroxyl groups excluding tert-OH is 1. The van der Waals surface area contributed by atoms with Gasteiger partial charge in [-0.25, -0.2) is 0 Å². The largest absolute Gasteiger partial charge is 0.394 e. The number of aromatic nitrogens is 2. The van der Waals surface area contributed by atoms with Crippen molar-refractivity contribution < 1.29 is 9.90 Å². The van der Waals surface area contributed by atoms with Gasteiger partial charge in [0.05, 0.1) is 18.3 Å². The van der Waals surface area contributed by atoms with Crippen LogP contribution in [0.25, 0.3) is 0 Å². The molecule has 5 nitrogen and oxygen atoms in total. The van der Waals surface area contributed by atoms with E-state index in [0.717, 1.165) is 37.9 Å². The van der Waals surface area contributed by atoms with Crippen LogP contribution in [0, 0.1) is 0 Å².